The fraction of sp³-hybridized carbons (Fsp3) is 0.333. The molecule has 0 aromatic heterocycles. The number of ether oxygens (including phenoxy) is 2. The lowest BCUT2D eigenvalue weighted by Gasteiger charge is -2.20. The number of para-hydroxylation sites is 1. The molecule has 0 aliphatic heterocycles. The molecule has 0 heterocycles. The highest BCUT2D eigenvalue weighted by molar-refractivity contribution is 5.50. The van der Waals surface area contributed by atoms with Gasteiger partial charge >= 0.3 is 0 Å². The van der Waals surface area contributed by atoms with Gasteiger partial charge in [0.25, 0.3) is 0 Å². The summed E-state index contributed by atoms with van der Waals surface area (Å²) in [6.45, 7) is 6.49. The van der Waals surface area contributed by atoms with E-state index in [0.29, 0.717) is 18.1 Å². The Morgan fingerprint density at radius 3 is 2.48 bits per heavy atom. The maximum atomic E-state index is 10.8. The van der Waals surface area contributed by atoms with Crippen LogP contribution in [-0.4, -0.2) is 18.8 Å². The molecule has 112 valence electrons. The van der Waals surface area contributed by atoms with Crippen LogP contribution in [-0.2, 0) is 0 Å². The first-order valence-electron chi connectivity index (χ1n) is 7.13. The summed E-state index contributed by atoms with van der Waals surface area (Å²) < 4.78 is 11.1. The molecular formula is C18H22O3. The number of methoxy groups -OCH3 is 1. The van der Waals surface area contributed by atoms with Gasteiger partial charge in [0.1, 0.15) is 17.6 Å². The number of benzene rings is 2. The van der Waals surface area contributed by atoms with Gasteiger partial charge < -0.3 is 14.6 Å². The Bertz CT molecular complexity index is 620. The molecular weight excluding hydrogens is 264 g/mol. The zero-order chi connectivity index (χ0) is 15.4. The summed E-state index contributed by atoms with van der Waals surface area (Å²) >= 11 is 0. The fourth-order valence-electron chi connectivity index (χ4n) is 2.61. The van der Waals surface area contributed by atoms with Gasteiger partial charge in [0.05, 0.1) is 13.7 Å². The van der Waals surface area contributed by atoms with Crippen LogP contribution in [0.15, 0.2) is 36.4 Å². The van der Waals surface area contributed by atoms with E-state index in [1.165, 1.54) is 0 Å². The summed E-state index contributed by atoms with van der Waals surface area (Å²) in [5, 5.41) is 10.8. The molecule has 21 heavy (non-hydrogen) atoms. The largest absolute Gasteiger partial charge is 0.496 e. The van der Waals surface area contributed by atoms with Crippen LogP contribution in [0.1, 0.15) is 35.3 Å². The van der Waals surface area contributed by atoms with E-state index in [1.54, 1.807) is 7.11 Å². The molecule has 2 rings (SSSR count). The van der Waals surface area contributed by atoms with E-state index in [4.69, 9.17) is 9.47 Å². The predicted octanol–water partition coefficient (Wildman–Crippen LogP) is 3.79. The summed E-state index contributed by atoms with van der Waals surface area (Å²) in [6, 6.07) is 11.5. The minimum absolute atomic E-state index is 0.563. The lowest BCUT2D eigenvalue weighted by molar-refractivity contribution is 0.206. The minimum Gasteiger partial charge on any atom is -0.496 e. The monoisotopic (exact) mass is 286 g/mol. The number of hydrogen-bond donors (Lipinski definition) is 1. The zero-order valence-electron chi connectivity index (χ0n) is 13.0. The number of hydrogen-bond acceptors (Lipinski definition) is 3. The van der Waals surface area contributed by atoms with Gasteiger partial charge in [-0.05, 0) is 44.0 Å². The Morgan fingerprint density at radius 1 is 1.10 bits per heavy atom. The maximum Gasteiger partial charge on any atom is 0.125 e. The predicted molar refractivity (Wildman–Crippen MR) is 84.1 cm³/mol. The average Bonchev–Trinajstić information content (AvgIpc) is 2.46. The van der Waals surface area contributed by atoms with E-state index in [1.807, 2.05) is 57.2 Å². The molecule has 0 radical (unpaired) electrons. The van der Waals surface area contributed by atoms with Crippen LogP contribution in [0, 0.1) is 13.8 Å². The lowest BCUT2D eigenvalue weighted by atomic mass is 9.94. The third-order valence-electron chi connectivity index (χ3n) is 3.50. The first kappa shape index (κ1) is 15.4. The molecule has 0 fully saturated rings. The van der Waals surface area contributed by atoms with Crippen molar-refractivity contribution in [1.82, 2.24) is 0 Å². The van der Waals surface area contributed by atoms with E-state index in [0.717, 1.165) is 22.3 Å². The van der Waals surface area contributed by atoms with Crippen LogP contribution in [0.25, 0.3) is 0 Å². The molecule has 1 N–H and O–H groups in total. The zero-order valence-corrected chi connectivity index (χ0v) is 13.0. The molecule has 0 saturated carbocycles. The van der Waals surface area contributed by atoms with Crippen molar-refractivity contribution >= 4 is 0 Å². The Morgan fingerprint density at radius 2 is 1.81 bits per heavy atom. The van der Waals surface area contributed by atoms with Crippen molar-refractivity contribution in [2.24, 2.45) is 0 Å². The number of aliphatic hydroxyl groups is 1. The molecule has 0 aliphatic rings. The second kappa shape index (κ2) is 6.64. The highest BCUT2D eigenvalue weighted by Gasteiger charge is 2.21. The van der Waals surface area contributed by atoms with Crippen molar-refractivity contribution in [3.05, 3.63) is 58.7 Å². The first-order valence-corrected chi connectivity index (χ1v) is 7.13. The van der Waals surface area contributed by atoms with Crippen molar-refractivity contribution in [2.75, 3.05) is 13.7 Å². The molecule has 2 aromatic carbocycles. The molecule has 1 atom stereocenters. The summed E-state index contributed by atoms with van der Waals surface area (Å²) in [4.78, 5) is 0. The summed E-state index contributed by atoms with van der Waals surface area (Å²) in [7, 11) is 1.62. The van der Waals surface area contributed by atoms with Gasteiger partial charge in [0.15, 0.2) is 0 Å². The van der Waals surface area contributed by atoms with Gasteiger partial charge in [-0.1, -0.05) is 24.3 Å². The van der Waals surface area contributed by atoms with Gasteiger partial charge in [-0.15, -0.1) is 0 Å². The van der Waals surface area contributed by atoms with Gasteiger partial charge in [-0.2, -0.15) is 0 Å². The molecule has 3 heteroatoms. The van der Waals surface area contributed by atoms with Gasteiger partial charge in [0, 0.05) is 11.1 Å². The summed E-state index contributed by atoms with van der Waals surface area (Å²) in [6.07, 6.45) is -0.775. The second-order valence-corrected chi connectivity index (χ2v) is 5.07. The van der Waals surface area contributed by atoms with Crippen molar-refractivity contribution in [3.8, 4) is 11.5 Å². The van der Waals surface area contributed by atoms with E-state index in [2.05, 4.69) is 0 Å². The van der Waals surface area contributed by atoms with E-state index >= 15 is 0 Å². The third kappa shape index (κ3) is 3.19. The Balaban J connectivity index is 2.52. The van der Waals surface area contributed by atoms with Gasteiger partial charge in [0.2, 0.25) is 0 Å². The van der Waals surface area contributed by atoms with Crippen LogP contribution in [0.5, 0.6) is 11.5 Å². The van der Waals surface area contributed by atoms with E-state index in [9.17, 15) is 5.11 Å². The van der Waals surface area contributed by atoms with Gasteiger partial charge in [-0.25, -0.2) is 0 Å². The topological polar surface area (TPSA) is 38.7 Å². The van der Waals surface area contributed by atoms with Crippen LogP contribution in [0.2, 0.25) is 0 Å². The molecule has 0 bridgehead atoms. The molecule has 0 amide bonds. The molecule has 3 nitrogen and oxygen atoms in total. The highest BCUT2D eigenvalue weighted by atomic mass is 16.5. The van der Waals surface area contributed by atoms with Crippen LogP contribution >= 0.6 is 0 Å². The van der Waals surface area contributed by atoms with Crippen molar-refractivity contribution in [2.45, 2.75) is 26.9 Å². The molecule has 0 aliphatic carbocycles. The Kier molecular flexibility index (Phi) is 4.86. The van der Waals surface area contributed by atoms with Crippen LogP contribution in [0.4, 0.5) is 0 Å². The average molecular weight is 286 g/mol. The number of aryl methyl sites for hydroxylation is 2. The quantitative estimate of drug-likeness (QED) is 0.908. The lowest BCUT2D eigenvalue weighted by Crippen LogP contribution is -2.07. The van der Waals surface area contributed by atoms with E-state index < -0.39 is 6.10 Å². The molecule has 2 aromatic rings. The normalized spacial score (nSPS) is 12.0. The van der Waals surface area contributed by atoms with Crippen LogP contribution in [0.3, 0.4) is 0 Å². The summed E-state index contributed by atoms with van der Waals surface area (Å²) in [5.74, 6) is 1.40. The fourth-order valence-corrected chi connectivity index (χ4v) is 2.61. The first-order chi connectivity index (χ1) is 10.1. The molecule has 0 spiro atoms. The Hall–Kier alpha value is -2.00. The summed E-state index contributed by atoms with van der Waals surface area (Å²) in [5.41, 5.74) is 3.66. The van der Waals surface area contributed by atoms with Crippen molar-refractivity contribution in [3.63, 3.8) is 0 Å². The van der Waals surface area contributed by atoms with E-state index in [-0.39, 0.29) is 0 Å². The standard InChI is InChI=1S/C18H22O3/c1-5-21-15-9-7-6-8-14(15)18(19)17-13(3)10-12(2)11-16(17)20-4/h6-11,18-19H,5H2,1-4H3. The second-order valence-electron chi connectivity index (χ2n) is 5.07. The highest BCUT2D eigenvalue weighted by Crippen LogP contribution is 2.37. The number of rotatable bonds is 5. The number of aliphatic hydroxyl groups excluding tert-OH is 1. The maximum absolute atomic E-state index is 10.8. The smallest absolute Gasteiger partial charge is 0.125 e. The van der Waals surface area contributed by atoms with Gasteiger partial charge in [-0.3, -0.25) is 0 Å². The van der Waals surface area contributed by atoms with Crippen molar-refractivity contribution in [1.29, 1.82) is 0 Å². The Labute approximate surface area is 126 Å². The minimum atomic E-state index is -0.775. The molecule has 0 saturated heterocycles. The van der Waals surface area contributed by atoms with Crippen molar-refractivity contribution < 1.29 is 14.6 Å². The SMILES string of the molecule is CCOc1ccccc1C(O)c1c(C)cc(C)cc1OC. The van der Waals surface area contributed by atoms with Crippen LogP contribution < -0.4 is 9.47 Å². The third-order valence-corrected chi connectivity index (χ3v) is 3.50. The molecule has 1 unspecified atom stereocenters.